The molecule has 0 saturated carbocycles. The van der Waals surface area contributed by atoms with Gasteiger partial charge in [0.15, 0.2) is 0 Å². The van der Waals surface area contributed by atoms with Crippen molar-refractivity contribution in [2.24, 2.45) is 0 Å². The van der Waals surface area contributed by atoms with Gasteiger partial charge >= 0.3 is 6.09 Å². The number of ether oxygens (including phenoxy) is 2. The number of hydrogen-bond acceptors (Lipinski definition) is 6. The van der Waals surface area contributed by atoms with Gasteiger partial charge in [-0.1, -0.05) is 30.3 Å². The van der Waals surface area contributed by atoms with E-state index in [-0.39, 0.29) is 19.1 Å². The minimum atomic E-state index is -0.674. The Kier molecular flexibility index (Phi) is 9.28. The van der Waals surface area contributed by atoms with Crippen LogP contribution in [-0.4, -0.2) is 52.9 Å². The summed E-state index contributed by atoms with van der Waals surface area (Å²) in [5.74, 6) is -0.490. The van der Waals surface area contributed by atoms with E-state index in [1.807, 2.05) is 30.5 Å². The van der Waals surface area contributed by atoms with Gasteiger partial charge in [0.2, 0.25) is 5.91 Å². The Bertz CT molecular complexity index is 1260. The summed E-state index contributed by atoms with van der Waals surface area (Å²) >= 11 is 0. The Labute approximate surface area is 215 Å². The first-order valence-electron chi connectivity index (χ1n) is 11.8. The van der Waals surface area contributed by atoms with E-state index in [0.29, 0.717) is 17.7 Å². The van der Waals surface area contributed by atoms with Crippen molar-refractivity contribution >= 4 is 34.9 Å². The van der Waals surface area contributed by atoms with E-state index in [2.05, 4.69) is 15.6 Å². The van der Waals surface area contributed by atoms with E-state index in [1.54, 1.807) is 45.0 Å². The number of benzene rings is 2. The molecule has 37 heavy (non-hydrogen) atoms. The van der Waals surface area contributed by atoms with Gasteiger partial charge in [-0.15, -0.1) is 0 Å². The molecule has 0 spiro atoms. The molecule has 196 valence electrons. The summed E-state index contributed by atoms with van der Waals surface area (Å²) < 4.78 is 11.2. The molecule has 5 N–H and O–H groups in total. The van der Waals surface area contributed by atoms with E-state index in [0.717, 1.165) is 16.5 Å². The number of alkyl carbamates (subject to hydrolysis) is 1. The summed E-state index contributed by atoms with van der Waals surface area (Å²) in [5.41, 5.74) is 3.56. The van der Waals surface area contributed by atoms with Crippen LogP contribution in [0.3, 0.4) is 0 Å². The van der Waals surface area contributed by atoms with Crippen LogP contribution in [0.1, 0.15) is 31.9 Å². The lowest BCUT2D eigenvalue weighted by Crippen LogP contribution is -2.46. The summed E-state index contributed by atoms with van der Waals surface area (Å²) in [6, 6.07) is 14.5. The topological polar surface area (TPSA) is 142 Å². The zero-order valence-corrected chi connectivity index (χ0v) is 21.0. The van der Waals surface area contributed by atoms with Crippen molar-refractivity contribution in [1.29, 1.82) is 0 Å². The van der Waals surface area contributed by atoms with Crippen molar-refractivity contribution in [3.8, 4) is 5.75 Å². The molecule has 3 amide bonds. The second-order valence-electron chi connectivity index (χ2n) is 9.38. The molecule has 1 aromatic heterocycles. The minimum Gasteiger partial charge on any atom is -0.491 e. The van der Waals surface area contributed by atoms with Crippen LogP contribution in [0.15, 0.2) is 60.8 Å². The third kappa shape index (κ3) is 9.01. The molecule has 0 bridgehead atoms. The number of para-hydroxylation sites is 1. The van der Waals surface area contributed by atoms with Gasteiger partial charge < -0.3 is 25.1 Å². The summed E-state index contributed by atoms with van der Waals surface area (Å²) in [6.07, 6.45) is 4.44. The fourth-order valence-electron chi connectivity index (χ4n) is 3.58. The van der Waals surface area contributed by atoms with Gasteiger partial charge in [-0.25, -0.2) is 10.3 Å². The van der Waals surface area contributed by atoms with Crippen LogP contribution in [0.25, 0.3) is 17.0 Å². The van der Waals surface area contributed by atoms with Crippen LogP contribution in [0, 0.1) is 0 Å². The SMILES string of the molecule is CC(C)(C)OC(=O)NCC(=O)N[C@H](COc1cccc(/C=C/C(=O)NO)c1)Cc1c[nH]c2ccccc12. The summed E-state index contributed by atoms with van der Waals surface area (Å²) in [7, 11) is 0. The molecule has 10 heteroatoms. The van der Waals surface area contributed by atoms with Crippen molar-refractivity contribution in [1.82, 2.24) is 21.1 Å². The Hall–Kier alpha value is -4.31. The molecule has 0 aliphatic carbocycles. The third-order valence-electron chi connectivity index (χ3n) is 5.15. The van der Waals surface area contributed by atoms with Gasteiger partial charge in [0.25, 0.3) is 5.91 Å². The number of amides is 3. The highest BCUT2D eigenvalue weighted by Crippen LogP contribution is 2.20. The van der Waals surface area contributed by atoms with E-state index in [4.69, 9.17) is 14.7 Å². The average Bonchev–Trinajstić information content (AvgIpc) is 3.26. The highest BCUT2D eigenvalue weighted by atomic mass is 16.6. The Morgan fingerprint density at radius 1 is 1.11 bits per heavy atom. The van der Waals surface area contributed by atoms with Crippen molar-refractivity contribution in [2.75, 3.05) is 13.2 Å². The van der Waals surface area contributed by atoms with Crippen molar-refractivity contribution in [2.45, 2.75) is 38.8 Å². The number of hydroxylamine groups is 1. The van der Waals surface area contributed by atoms with Gasteiger partial charge in [0.05, 0.1) is 6.04 Å². The summed E-state index contributed by atoms with van der Waals surface area (Å²) in [4.78, 5) is 39.0. The minimum absolute atomic E-state index is 0.155. The molecule has 1 atom stereocenters. The quantitative estimate of drug-likeness (QED) is 0.162. The first kappa shape index (κ1) is 27.3. The van der Waals surface area contributed by atoms with Gasteiger partial charge in [-0.2, -0.15) is 0 Å². The molecule has 10 nitrogen and oxygen atoms in total. The number of nitrogens with one attached hydrogen (secondary N) is 4. The Morgan fingerprint density at radius 2 is 1.89 bits per heavy atom. The first-order valence-corrected chi connectivity index (χ1v) is 11.8. The van der Waals surface area contributed by atoms with Gasteiger partial charge in [0.1, 0.15) is 24.5 Å². The number of H-pyrrole nitrogens is 1. The lowest BCUT2D eigenvalue weighted by Gasteiger charge is -2.21. The largest absolute Gasteiger partial charge is 0.491 e. The van der Waals surface area contributed by atoms with Crippen LogP contribution in [-0.2, 0) is 20.7 Å². The number of aromatic amines is 1. The maximum absolute atomic E-state index is 12.6. The number of hydrogen-bond donors (Lipinski definition) is 5. The van der Waals surface area contributed by atoms with Crippen LogP contribution in [0.4, 0.5) is 4.79 Å². The standard InChI is InChI=1S/C27H32N4O6/c1-27(2,3)37-26(34)29-16-25(33)30-20(14-19-15-28-23-10-5-4-9-22(19)23)17-36-21-8-6-7-18(13-21)11-12-24(32)31-35/h4-13,15,20,28,35H,14,16-17H2,1-3H3,(H,29,34)(H,30,33)(H,31,32)/b12-11+/t20-/m0/s1. The summed E-state index contributed by atoms with van der Waals surface area (Å²) in [5, 5.41) is 15.1. The molecule has 0 fully saturated rings. The van der Waals surface area contributed by atoms with Crippen LogP contribution in [0.2, 0.25) is 0 Å². The van der Waals surface area contributed by atoms with Crippen molar-refractivity contribution < 1.29 is 29.1 Å². The highest BCUT2D eigenvalue weighted by Gasteiger charge is 2.19. The molecule has 0 saturated heterocycles. The molecule has 0 radical (unpaired) electrons. The van der Waals surface area contributed by atoms with Crippen LogP contribution in [0.5, 0.6) is 5.75 Å². The fourth-order valence-corrected chi connectivity index (χ4v) is 3.58. The molecular formula is C27H32N4O6. The maximum atomic E-state index is 12.6. The van der Waals surface area contributed by atoms with E-state index in [9.17, 15) is 14.4 Å². The maximum Gasteiger partial charge on any atom is 0.408 e. The number of aromatic nitrogens is 1. The van der Waals surface area contributed by atoms with Gasteiger partial charge in [-0.3, -0.25) is 14.8 Å². The number of carbonyl (C=O) groups is 3. The van der Waals surface area contributed by atoms with Crippen LogP contribution >= 0.6 is 0 Å². The lowest BCUT2D eigenvalue weighted by molar-refractivity contribution is -0.124. The zero-order valence-electron chi connectivity index (χ0n) is 21.0. The molecule has 1 heterocycles. The number of carbonyl (C=O) groups excluding carboxylic acids is 3. The highest BCUT2D eigenvalue weighted by molar-refractivity contribution is 5.90. The lowest BCUT2D eigenvalue weighted by atomic mass is 10.1. The van der Waals surface area contributed by atoms with Crippen LogP contribution < -0.4 is 20.9 Å². The molecule has 0 aliphatic heterocycles. The Balaban J connectivity index is 1.68. The monoisotopic (exact) mass is 508 g/mol. The van der Waals surface area contributed by atoms with Gasteiger partial charge in [0, 0.05) is 23.2 Å². The van der Waals surface area contributed by atoms with Crippen molar-refractivity contribution in [3.63, 3.8) is 0 Å². The number of rotatable bonds is 10. The molecular weight excluding hydrogens is 476 g/mol. The Morgan fingerprint density at radius 3 is 2.65 bits per heavy atom. The van der Waals surface area contributed by atoms with E-state index in [1.165, 1.54) is 17.6 Å². The second-order valence-corrected chi connectivity index (χ2v) is 9.38. The first-order chi connectivity index (χ1) is 17.6. The summed E-state index contributed by atoms with van der Waals surface area (Å²) in [6.45, 7) is 5.14. The normalized spacial score (nSPS) is 12.2. The van der Waals surface area contributed by atoms with Gasteiger partial charge in [-0.05, 0) is 62.6 Å². The van der Waals surface area contributed by atoms with E-state index >= 15 is 0 Å². The second kappa shape index (κ2) is 12.6. The molecule has 0 unspecified atom stereocenters. The average molecular weight is 509 g/mol. The third-order valence-corrected chi connectivity index (χ3v) is 5.15. The fraction of sp³-hybridized carbons (Fsp3) is 0.296. The predicted molar refractivity (Wildman–Crippen MR) is 139 cm³/mol. The molecule has 0 aliphatic rings. The smallest absolute Gasteiger partial charge is 0.408 e. The molecule has 2 aromatic carbocycles. The van der Waals surface area contributed by atoms with Crippen molar-refractivity contribution in [3.05, 3.63) is 71.9 Å². The van der Waals surface area contributed by atoms with E-state index < -0.39 is 23.6 Å². The number of fused-ring (bicyclic) bond motifs is 1. The zero-order chi connectivity index (χ0) is 26.8. The molecule has 3 aromatic rings. The molecule has 3 rings (SSSR count). The predicted octanol–water partition coefficient (Wildman–Crippen LogP) is 3.32.